The Kier molecular flexibility index (Phi) is 4.71. The monoisotopic (exact) mass is 254 g/mol. The van der Waals surface area contributed by atoms with E-state index in [1.165, 1.54) is 6.08 Å². The fourth-order valence-electron chi connectivity index (χ4n) is 1.11. The van der Waals surface area contributed by atoms with Crippen molar-refractivity contribution in [2.24, 2.45) is 0 Å². The van der Waals surface area contributed by atoms with Crippen molar-refractivity contribution in [2.45, 2.75) is 6.42 Å². The van der Waals surface area contributed by atoms with E-state index in [-0.39, 0.29) is 5.75 Å². The molecule has 0 aliphatic rings. The van der Waals surface area contributed by atoms with Gasteiger partial charge < -0.3 is 5.32 Å². The minimum atomic E-state index is -3.60. The Labute approximate surface area is 101 Å². The summed E-state index contributed by atoms with van der Waals surface area (Å²) in [6, 6.07) is 7.83. The summed E-state index contributed by atoms with van der Waals surface area (Å²) in [6.07, 6.45) is 1.78. The molecule has 0 fully saturated rings. The van der Waals surface area contributed by atoms with Crippen LogP contribution in [-0.2, 0) is 10.0 Å². The molecule has 0 unspecified atom stereocenters. The zero-order chi connectivity index (χ0) is 12.7. The Morgan fingerprint density at radius 2 is 1.94 bits per heavy atom. The zero-order valence-corrected chi connectivity index (χ0v) is 10.0. The van der Waals surface area contributed by atoms with Crippen molar-refractivity contribution in [3.63, 3.8) is 0 Å². The van der Waals surface area contributed by atoms with Crippen LogP contribution < -0.4 is 10.0 Å². The van der Waals surface area contributed by atoms with Gasteiger partial charge in [-0.25, -0.2) is 17.9 Å². The van der Waals surface area contributed by atoms with Gasteiger partial charge in [-0.15, -0.1) is 6.58 Å². The number of urea groups is 1. The molecule has 0 bridgehead atoms. The number of anilines is 1. The molecule has 0 saturated carbocycles. The quantitative estimate of drug-likeness (QED) is 0.785. The Morgan fingerprint density at radius 3 is 2.53 bits per heavy atom. The molecule has 0 heterocycles. The van der Waals surface area contributed by atoms with Gasteiger partial charge in [-0.05, 0) is 18.6 Å². The van der Waals surface area contributed by atoms with Gasteiger partial charge in [-0.3, -0.25) is 0 Å². The molecule has 5 nitrogen and oxygen atoms in total. The molecule has 1 rings (SSSR count). The van der Waals surface area contributed by atoms with E-state index in [9.17, 15) is 13.2 Å². The predicted octanol–water partition coefficient (Wildman–Crippen LogP) is 1.71. The predicted molar refractivity (Wildman–Crippen MR) is 67.2 cm³/mol. The minimum Gasteiger partial charge on any atom is -0.307 e. The third kappa shape index (κ3) is 5.17. The molecule has 1 aromatic carbocycles. The number of hydrogen-bond donors (Lipinski definition) is 2. The molecular formula is C11H14N2O3S. The lowest BCUT2D eigenvalue weighted by Gasteiger charge is -2.07. The average Bonchev–Trinajstić information content (AvgIpc) is 2.27. The van der Waals surface area contributed by atoms with Crippen LogP contribution in [0.5, 0.6) is 0 Å². The smallest absolute Gasteiger partial charge is 0.307 e. The van der Waals surface area contributed by atoms with Crippen molar-refractivity contribution < 1.29 is 13.2 Å². The number of para-hydroxylation sites is 1. The Hall–Kier alpha value is -1.82. The highest BCUT2D eigenvalue weighted by Gasteiger charge is 2.13. The van der Waals surface area contributed by atoms with Gasteiger partial charge in [-0.1, -0.05) is 24.3 Å². The maximum atomic E-state index is 11.4. The normalized spacial score (nSPS) is 10.6. The number of allylic oxidation sites excluding steroid dienone is 1. The number of carbonyl (C=O) groups excluding carboxylic acids is 1. The molecule has 2 N–H and O–H groups in total. The second kappa shape index (κ2) is 6.05. The summed E-state index contributed by atoms with van der Waals surface area (Å²) in [5.41, 5.74) is 0.531. The summed E-state index contributed by atoms with van der Waals surface area (Å²) in [4.78, 5) is 11.4. The molecular weight excluding hydrogens is 240 g/mol. The maximum absolute atomic E-state index is 11.4. The van der Waals surface area contributed by atoms with E-state index < -0.39 is 16.1 Å². The van der Waals surface area contributed by atoms with Gasteiger partial charge in [0.1, 0.15) is 0 Å². The van der Waals surface area contributed by atoms with Gasteiger partial charge in [0, 0.05) is 5.69 Å². The lowest BCUT2D eigenvalue weighted by molar-refractivity contribution is 0.256. The Morgan fingerprint density at radius 1 is 1.29 bits per heavy atom. The average molecular weight is 254 g/mol. The van der Waals surface area contributed by atoms with Crippen LogP contribution in [0.15, 0.2) is 43.0 Å². The molecule has 0 radical (unpaired) electrons. The van der Waals surface area contributed by atoms with Crippen molar-refractivity contribution in [3.05, 3.63) is 43.0 Å². The fraction of sp³-hybridized carbons (Fsp3) is 0.182. The van der Waals surface area contributed by atoms with E-state index in [1.807, 2.05) is 4.72 Å². The topological polar surface area (TPSA) is 75.3 Å². The third-order valence-electron chi connectivity index (χ3n) is 1.87. The maximum Gasteiger partial charge on any atom is 0.332 e. The van der Waals surface area contributed by atoms with Crippen molar-refractivity contribution in [1.29, 1.82) is 0 Å². The molecule has 0 aromatic heterocycles. The second-order valence-electron chi connectivity index (χ2n) is 3.32. The van der Waals surface area contributed by atoms with Crippen LogP contribution >= 0.6 is 0 Å². The first kappa shape index (κ1) is 13.2. The Balaban J connectivity index is 2.53. The lowest BCUT2D eigenvalue weighted by Crippen LogP contribution is -2.35. The molecule has 0 saturated heterocycles. The van der Waals surface area contributed by atoms with Crippen LogP contribution in [0.2, 0.25) is 0 Å². The van der Waals surface area contributed by atoms with Crippen molar-refractivity contribution >= 4 is 21.7 Å². The minimum absolute atomic E-state index is 0.154. The standard InChI is InChI=1S/C11H14N2O3S/c1-2-3-9-17(15,16)13-11(14)12-10-7-5-4-6-8-10/h2,4-8H,1,3,9H2,(H2,12,13,14). The van der Waals surface area contributed by atoms with Crippen LogP contribution in [-0.4, -0.2) is 20.2 Å². The van der Waals surface area contributed by atoms with Crippen LogP contribution in [0.1, 0.15) is 6.42 Å². The highest BCUT2D eigenvalue weighted by atomic mass is 32.2. The van der Waals surface area contributed by atoms with Gasteiger partial charge in [0.25, 0.3) is 0 Å². The first-order valence-corrected chi connectivity index (χ1v) is 6.66. The van der Waals surface area contributed by atoms with Crippen LogP contribution in [0.4, 0.5) is 10.5 Å². The van der Waals surface area contributed by atoms with Gasteiger partial charge in [-0.2, -0.15) is 0 Å². The number of amides is 2. The highest BCUT2D eigenvalue weighted by Crippen LogP contribution is 2.04. The highest BCUT2D eigenvalue weighted by molar-refractivity contribution is 7.90. The van der Waals surface area contributed by atoms with Gasteiger partial charge in [0.05, 0.1) is 5.75 Å². The van der Waals surface area contributed by atoms with Crippen molar-refractivity contribution in [1.82, 2.24) is 4.72 Å². The molecule has 17 heavy (non-hydrogen) atoms. The molecule has 1 aromatic rings. The summed E-state index contributed by atoms with van der Waals surface area (Å²) in [5.74, 6) is -0.154. The zero-order valence-electron chi connectivity index (χ0n) is 9.22. The molecule has 2 amide bonds. The molecule has 0 atom stereocenters. The molecule has 6 heteroatoms. The molecule has 0 aliphatic heterocycles. The first-order valence-electron chi connectivity index (χ1n) is 5.01. The summed E-state index contributed by atoms with van der Waals surface area (Å²) in [7, 11) is -3.60. The summed E-state index contributed by atoms with van der Waals surface area (Å²) in [5, 5.41) is 2.42. The van der Waals surface area contributed by atoms with Gasteiger partial charge in [0.2, 0.25) is 10.0 Å². The van der Waals surface area contributed by atoms with Crippen LogP contribution in [0.25, 0.3) is 0 Å². The number of benzene rings is 1. The van der Waals surface area contributed by atoms with Gasteiger partial charge in [0.15, 0.2) is 0 Å². The fourth-order valence-corrected chi connectivity index (χ4v) is 2.02. The van der Waals surface area contributed by atoms with Crippen molar-refractivity contribution in [2.75, 3.05) is 11.1 Å². The molecule has 0 spiro atoms. The van der Waals surface area contributed by atoms with E-state index in [0.717, 1.165) is 0 Å². The number of hydrogen-bond acceptors (Lipinski definition) is 3. The van der Waals surface area contributed by atoms with Crippen LogP contribution in [0.3, 0.4) is 0 Å². The molecule has 92 valence electrons. The van der Waals surface area contributed by atoms with E-state index in [0.29, 0.717) is 12.1 Å². The van der Waals surface area contributed by atoms with E-state index in [1.54, 1.807) is 30.3 Å². The SMILES string of the molecule is C=CCCS(=O)(=O)NC(=O)Nc1ccccc1. The number of rotatable bonds is 5. The third-order valence-corrected chi connectivity index (χ3v) is 3.14. The second-order valence-corrected chi connectivity index (χ2v) is 5.16. The van der Waals surface area contributed by atoms with Crippen LogP contribution in [0, 0.1) is 0 Å². The Bertz CT molecular complexity index is 483. The number of sulfonamides is 1. The van der Waals surface area contributed by atoms with E-state index in [2.05, 4.69) is 11.9 Å². The number of carbonyl (C=O) groups is 1. The van der Waals surface area contributed by atoms with E-state index >= 15 is 0 Å². The molecule has 0 aliphatic carbocycles. The summed E-state index contributed by atoms with van der Waals surface area (Å²) in [6.45, 7) is 3.42. The van der Waals surface area contributed by atoms with E-state index in [4.69, 9.17) is 0 Å². The largest absolute Gasteiger partial charge is 0.332 e. The number of nitrogens with one attached hydrogen (secondary N) is 2. The summed E-state index contributed by atoms with van der Waals surface area (Å²) >= 11 is 0. The van der Waals surface area contributed by atoms with Gasteiger partial charge >= 0.3 is 6.03 Å². The lowest BCUT2D eigenvalue weighted by atomic mass is 10.3. The summed E-state index contributed by atoms with van der Waals surface area (Å²) < 4.78 is 24.7. The van der Waals surface area contributed by atoms with Crippen molar-refractivity contribution in [3.8, 4) is 0 Å². The first-order chi connectivity index (χ1) is 8.03.